The molecule has 1 amide bonds. The van der Waals surface area contributed by atoms with E-state index in [2.05, 4.69) is 58.0 Å². The Morgan fingerprint density at radius 2 is 1.64 bits per heavy atom. The highest BCUT2D eigenvalue weighted by Crippen LogP contribution is 2.78. The van der Waals surface area contributed by atoms with E-state index in [0.29, 0.717) is 41.6 Å². The Hall–Kier alpha value is -3.49. The van der Waals surface area contributed by atoms with Crippen LogP contribution in [0.2, 0.25) is 0 Å². The summed E-state index contributed by atoms with van der Waals surface area (Å²) >= 11 is 0. The van der Waals surface area contributed by atoms with Crippen molar-refractivity contribution in [3.63, 3.8) is 0 Å². The molecule has 1 saturated heterocycles. The molecular weight excluding hydrogens is 766 g/mol. The van der Waals surface area contributed by atoms with Crippen molar-refractivity contribution in [2.24, 2.45) is 73.9 Å². The molecule has 9 rings (SSSR count). The molecule has 0 spiro atoms. The summed E-state index contributed by atoms with van der Waals surface area (Å²) in [6.45, 7) is 25.6. The molecular formula is C52H72FN3O5. The molecule has 7 aliphatic rings. The predicted octanol–water partition coefficient (Wildman–Crippen LogP) is 11.5. The van der Waals surface area contributed by atoms with Gasteiger partial charge in [0, 0.05) is 17.5 Å². The maximum Gasteiger partial charge on any atom is 0.309 e. The minimum Gasteiger partial charge on any atom is -0.481 e. The van der Waals surface area contributed by atoms with Crippen LogP contribution in [0.15, 0.2) is 36.5 Å². The van der Waals surface area contributed by atoms with Crippen molar-refractivity contribution < 1.29 is 28.6 Å². The largest absolute Gasteiger partial charge is 0.481 e. The van der Waals surface area contributed by atoms with E-state index < -0.39 is 22.7 Å². The third-order valence-corrected chi connectivity index (χ3v) is 20.4. The third-order valence-electron chi connectivity index (χ3n) is 20.4. The van der Waals surface area contributed by atoms with Crippen molar-refractivity contribution in [3.8, 4) is 11.3 Å². The Morgan fingerprint density at radius 1 is 0.885 bits per heavy atom. The van der Waals surface area contributed by atoms with E-state index in [1.54, 1.807) is 25.3 Å². The summed E-state index contributed by atoms with van der Waals surface area (Å²) in [5, 5.41) is 9.71. The minimum absolute atomic E-state index is 0.0734. The Bertz CT molecular complexity index is 2140. The number of allylic oxidation sites excluding steroid dienone is 1. The van der Waals surface area contributed by atoms with Crippen LogP contribution in [0.5, 0.6) is 0 Å². The molecule has 0 radical (unpaired) electrons. The SMILES string of the molecule is C=C(C)[C@@H]1CC[C@]2(C(=O)N3CCC[C@H]3c3ncc(-c4ccc(C)c(F)c4)[nH]3)CC[C@]3(C)[C@H](CC[C@@H]4[C@@]5(C)CC[C@H](OC(=O)[C@H]6C[C@@H](C(=O)O)C6(C)C)C(C)(C)[C@@H]5CC[C@]43C)[C@@H]12. The van der Waals surface area contributed by atoms with Gasteiger partial charge in [-0.2, -0.15) is 0 Å². The smallest absolute Gasteiger partial charge is 0.309 e. The van der Waals surface area contributed by atoms with E-state index in [0.717, 1.165) is 101 Å². The van der Waals surface area contributed by atoms with Crippen LogP contribution in [0.3, 0.4) is 0 Å². The summed E-state index contributed by atoms with van der Waals surface area (Å²) in [6.07, 6.45) is 14.0. The summed E-state index contributed by atoms with van der Waals surface area (Å²) in [4.78, 5) is 51.6. The molecule has 8 nitrogen and oxygen atoms in total. The van der Waals surface area contributed by atoms with Crippen LogP contribution in [0, 0.1) is 86.7 Å². The number of carboxylic acids is 1. The zero-order valence-electron chi connectivity index (χ0n) is 38.5. The monoisotopic (exact) mass is 838 g/mol. The molecule has 61 heavy (non-hydrogen) atoms. The number of carbonyl (C=O) groups excluding carboxylic acids is 2. The summed E-state index contributed by atoms with van der Waals surface area (Å²) in [7, 11) is 0. The number of halogens is 1. The van der Waals surface area contributed by atoms with Gasteiger partial charge in [0.05, 0.1) is 35.2 Å². The van der Waals surface area contributed by atoms with Crippen LogP contribution in [-0.4, -0.2) is 50.5 Å². The van der Waals surface area contributed by atoms with E-state index in [1.165, 1.54) is 5.57 Å². The van der Waals surface area contributed by atoms with Crippen LogP contribution < -0.4 is 0 Å². The van der Waals surface area contributed by atoms with Gasteiger partial charge >= 0.3 is 11.9 Å². The molecule has 1 aromatic carbocycles. The minimum atomic E-state index is -0.826. The molecule has 1 aliphatic heterocycles. The molecule has 0 bridgehead atoms. The number of nitrogens with zero attached hydrogens (tertiary/aromatic N) is 2. The summed E-state index contributed by atoms with van der Waals surface area (Å²) in [5.41, 5.74) is 2.43. The fourth-order valence-electron chi connectivity index (χ4n) is 16.7. The van der Waals surface area contributed by atoms with E-state index in [9.17, 15) is 19.1 Å². The number of fused-ring (bicyclic) bond motifs is 7. The van der Waals surface area contributed by atoms with Crippen LogP contribution in [-0.2, 0) is 19.1 Å². The van der Waals surface area contributed by atoms with Gasteiger partial charge in [0.1, 0.15) is 17.7 Å². The van der Waals surface area contributed by atoms with E-state index in [1.807, 2.05) is 19.9 Å². The number of H-pyrrole nitrogens is 1. The number of hydrogen-bond acceptors (Lipinski definition) is 5. The number of aromatic amines is 1. The first-order valence-corrected chi connectivity index (χ1v) is 23.8. The van der Waals surface area contributed by atoms with E-state index in [4.69, 9.17) is 9.72 Å². The number of carbonyl (C=O) groups is 3. The number of hydrogen-bond donors (Lipinski definition) is 2. The maximum absolute atomic E-state index is 15.6. The number of aromatic nitrogens is 2. The Balaban J connectivity index is 0.965. The number of nitrogens with one attached hydrogen (secondary N) is 1. The number of imidazole rings is 1. The molecule has 7 fully saturated rings. The van der Waals surface area contributed by atoms with Crippen LogP contribution in [0.1, 0.15) is 156 Å². The summed E-state index contributed by atoms with van der Waals surface area (Å²) in [5.74, 6) is 0.906. The lowest BCUT2D eigenvalue weighted by molar-refractivity contribution is -0.251. The number of benzene rings is 1. The van der Waals surface area contributed by atoms with E-state index >= 15 is 4.79 Å². The normalized spacial score (nSPS) is 42.0. The summed E-state index contributed by atoms with van der Waals surface area (Å²) < 4.78 is 21.0. The van der Waals surface area contributed by atoms with Crippen molar-refractivity contribution in [2.75, 3.05) is 6.54 Å². The fraction of sp³-hybridized carbons (Fsp3) is 0.731. The fourth-order valence-corrected chi connectivity index (χ4v) is 16.7. The van der Waals surface area contributed by atoms with Crippen LogP contribution >= 0.6 is 0 Å². The number of ether oxygens (including phenoxy) is 1. The lowest BCUT2D eigenvalue weighted by Gasteiger charge is -2.73. The highest BCUT2D eigenvalue weighted by molar-refractivity contribution is 5.85. The van der Waals surface area contributed by atoms with Gasteiger partial charge in [0.2, 0.25) is 5.91 Å². The molecule has 1 aromatic heterocycles. The molecule has 13 atom stereocenters. The van der Waals surface area contributed by atoms with Crippen LogP contribution in [0.4, 0.5) is 4.39 Å². The highest BCUT2D eigenvalue weighted by atomic mass is 19.1. The number of carboxylic acid groups (broad SMARTS) is 1. The van der Waals surface area contributed by atoms with Gasteiger partial charge in [-0.15, -0.1) is 0 Å². The molecule has 332 valence electrons. The lowest BCUT2D eigenvalue weighted by atomic mass is 9.32. The molecule has 2 heterocycles. The second-order valence-electron chi connectivity index (χ2n) is 23.4. The van der Waals surface area contributed by atoms with Crippen molar-refractivity contribution in [1.82, 2.24) is 14.9 Å². The Morgan fingerprint density at radius 3 is 2.33 bits per heavy atom. The molecule has 2 aromatic rings. The molecule has 6 saturated carbocycles. The van der Waals surface area contributed by atoms with Crippen molar-refractivity contribution >= 4 is 17.8 Å². The summed E-state index contributed by atoms with van der Waals surface area (Å²) in [6, 6.07) is 5.17. The van der Waals surface area contributed by atoms with E-state index in [-0.39, 0.29) is 57.4 Å². The standard InChI is InChI=1S/C52H72FN3O5/c1-29(2)32-17-22-52(46(60)56-25-11-12-38(56)43-54-28-37(55-43)31-14-13-30(3)36(53)26-31)24-23-50(9)33(42(32)52)15-16-40-49(8)20-19-41(48(6,7)39(49)18-21-51(40,50)10)61-45(59)35-27-34(44(57)58)47(35,4)5/h13-14,26,28,32-35,38-42H,1,11-12,15-25,27H2,2-10H3,(H,54,55)(H,57,58)/t32-,33+,34-,35+,38-,39-,40+,41-,42+,49-,50+,51+,52-/m0/s1. The van der Waals surface area contributed by atoms with Gasteiger partial charge in [-0.3, -0.25) is 14.4 Å². The van der Waals surface area contributed by atoms with Crippen LogP contribution in [0.25, 0.3) is 11.3 Å². The average Bonchev–Trinajstić information content (AvgIpc) is 3.96. The second kappa shape index (κ2) is 14.3. The first-order valence-electron chi connectivity index (χ1n) is 23.8. The zero-order chi connectivity index (χ0) is 43.8. The molecule has 2 N–H and O–H groups in total. The first kappa shape index (κ1) is 42.8. The third kappa shape index (κ3) is 5.98. The highest BCUT2D eigenvalue weighted by Gasteiger charge is 2.72. The Kier molecular flexibility index (Phi) is 10.0. The number of rotatable bonds is 7. The molecule has 0 unspecified atom stereocenters. The predicted molar refractivity (Wildman–Crippen MR) is 234 cm³/mol. The van der Waals surface area contributed by atoms with Crippen molar-refractivity contribution in [1.29, 1.82) is 0 Å². The molecule has 6 aliphatic carbocycles. The van der Waals surface area contributed by atoms with Gasteiger partial charge in [-0.05, 0) is 160 Å². The average molecular weight is 838 g/mol. The van der Waals surface area contributed by atoms with Gasteiger partial charge < -0.3 is 19.7 Å². The number of esters is 1. The van der Waals surface area contributed by atoms with Crippen molar-refractivity contribution in [2.45, 2.75) is 158 Å². The molecule has 9 heteroatoms. The Labute approximate surface area is 363 Å². The number of aryl methyl sites for hydroxylation is 1. The van der Waals surface area contributed by atoms with Gasteiger partial charge in [0.25, 0.3) is 0 Å². The topological polar surface area (TPSA) is 113 Å². The number of aliphatic carboxylic acids is 1. The zero-order valence-corrected chi connectivity index (χ0v) is 38.5. The second-order valence-corrected chi connectivity index (χ2v) is 23.4. The van der Waals surface area contributed by atoms with Gasteiger partial charge in [-0.25, -0.2) is 9.37 Å². The van der Waals surface area contributed by atoms with Gasteiger partial charge in [0.15, 0.2) is 0 Å². The number of likely N-dealkylation sites (tertiary alicyclic amines) is 1. The first-order chi connectivity index (χ1) is 28.6. The number of amides is 1. The quantitative estimate of drug-likeness (QED) is 0.212. The van der Waals surface area contributed by atoms with Gasteiger partial charge in [-0.1, -0.05) is 72.8 Å². The maximum atomic E-state index is 15.6. The van der Waals surface area contributed by atoms with Crippen molar-refractivity contribution in [3.05, 3.63) is 53.8 Å². The lowest BCUT2D eigenvalue weighted by Crippen LogP contribution is -2.67.